The lowest BCUT2D eigenvalue weighted by molar-refractivity contribution is -0.113. The number of nitrogens with zero attached hydrogens (tertiary/aromatic N) is 1. The smallest absolute Gasteiger partial charge is 0.219 e. The summed E-state index contributed by atoms with van der Waals surface area (Å²) in [7, 11) is 1.72. The highest BCUT2D eigenvalue weighted by Gasteiger charge is 2.17. The molecule has 1 N–H and O–H groups in total. The number of rotatable bonds is 3. The van der Waals surface area contributed by atoms with E-state index in [0.29, 0.717) is 13.0 Å². The molecule has 0 saturated heterocycles. The van der Waals surface area contributed by atoms with Crippen LogP contribution in [0.2, 0.25) is 12.1 Å². The lowest BCUT2D eigenvalue weighted by Crippen LogP contribution is -2.22. The Hall–Kier alpha value is -2.03. The average molecular weight is 293 g/mol. The summed E-state index contributed by atoms with van der Waals surface area (Å²) in [5.74, 6) is -0.600. The van der Waals surface area contributed by atoms with E-state index in [-0.39, 0.29) is 16.9 Å². The molecule has 22 heavy (non-hydrogen) atoms. The van der Waals surface area contributed by atoms with Gasteiger partial charge < -0.3 is 5.11 Å². The van der Waals surface area contributed by atoms with Crippen molar-refractivity contribution in [3.63, 3.8) is 0 Å². The summed E-state index contributed by atoms with van der Waals surface area (Å²) in [6.45, 7) is 8.61. The summed E-state index contributed by atoms with van der Waals surface area (Å²) in [5, 5.41) is 9.85. The SMILES string of the molecule is CBC1=CC(=O)C(O)=C/C1=N\c1ccc(BC(C)(C)C)cc1. The first-order valence-electron chi connectivity index (χ1n) is 7.62. The van der Waals surface area contributed by atoms with Crippen LogP contribution in [0, 0.1) is 0 Å². The third-order valence-electron chi connectivity index (χ3n) is 3.46. The van der Waals surface area contributed by atoms with E-state index in [1.54, 1.807) is 0 Å². The van der Waals surface area contributed by atoms with Crippen LogP contribution in [0.4, 0.5) is 5.69 Å². The summed E-state index contributed by atoms with van der Waals surface area (Å²) < 4.78 is 0. The zero-order valence-electron chi connectivity index (χ0n) is 13.7. The van der Waals surface area contributed by atoms with Gasteiger partial charge in [0.15, 0.2) is 20.3 Å². The Morgan fingerprint density at radius 3 is 2.27 bits per heavy atom. The molecule has 3 nitrogen and oxygen atoms in total. The minimum Gasteiger partial charge on any atom is -0.504 e. The minimum atomic E-state index is -0.351. The van der Waals surface area contributed by atoms with Crippen LogP contribution in [0.25, 0.3) is 0 Å². The molecule has 0 aromatic heterocycles. The van der Waals surface area contributed by atoms with Crippen molar-refractivity contribution in [1.29, 1.82) is 0 Å². The zero-order chi connectivity index (χ0) is 16.3. The predicted octanol–water partition coefficient (Wildman–Crippen LogP) is 2.43. The fourth-order valence-corrected chi connectivity index (χ4v) is 2.43. The highest BCUT2D eigenvalue weighted by Crippen LogP contribution is 2.21. The van der Waals surface area contributed by atoms with Crippen LogP contribution in [-0.2, 0) is 4.79 Å². The number of aliphatic hydroxyl groups excluding tert-OH is 1. The quantitative estimate of drug-likeness (QED) is 0.687. The number of carbonyl (C=O) groups is 1. The van der Waals surface area contributed by atoms with Gasteiger partial charge in [0.05, 0.1) is 11.4 Å². The summed E-state index contributed by atoms with van der Waals surface area (Å²) in [5.41, 5.74) is 3.61. The Balaban J connectivity index is 2.25. The predicted molar refractivity (Wildman–Crippen MR) is 96.8 cm³/mol. The van der Waals surface area contributed by atoms with E-state index in [0.717, 1.165) is 18.4 Å². The van der Waals surface area contributed by atoms with Gasteiger partial charge in [0, 0.05) is 6.08 Å². The molecule has 1 aromatic carbocycles. The van der Waals surface area contributed by atoms with Crippen molar-refractivity contribution >= 4 is 37.2 Å². The molecule has 0 bridgehead atoms. The number of aliphatic imine (C=N–C) groups is 1. The van der Waals surface area contributed by atoms with Crippen LogP contribution in [0.1, 0.15) is 20.8 Å². The lowest BCUT2D eigenvalue weighted by atomic mass is 9.51. The van der Waals surface area contributed by atoms with Gasteiger partial charge in [-0.2, -0.15) is 0 Å². The second-order valence-electron chi connectivity index (χ2n) is 6.82. The van der Waals surface area contributed by atoms with Gasteiger partial charge in [-0.25, -0.2) is 4.99 Å². The molecule has 0 amide bonds. The van der Waals surface area contributed by atoms with Gasteiger partial charge in [-0.1, -0.05) is 56.0 Å². The molecule has 0 spiro atoms. The highest BCUT2D eigenvalue weighted by molar-refractivity contribution is 6.57. The van der Waals surface area contributed by atoms with Crippen molar-refractivity contribution in [2.75, 3.05) is 0 Å². The van der Waals surface area contributed by atoms with Crippen LogP contribution in [0.3, 0.4) is 0 Å². The fourth-order valence-electron chi connectivity index (χ4n) is 2.43. The van der Waals surface area contributed by atoms with Crippen molar-refractivity contribution in [1.82, 2.24) is 0 Å². The number of ketones is 1. The van der Waals surface area contributed by atoms with Crippen molar-refractivity contribution in [3.05, 3.63) is 47.6 Å². The normalized spacial score (nSPS) is 17.1. The van der Waals surface area contributed by atoms with E-state index in [9.17, 15) is 9.90 Å². The second kappa shape index (κ2) is 6.39. The molecule has 0 atom stereocenters. The number of benzene rings is 1. The van der Waals surface area contributed by atoms with Gasteiger partial charge >= 0.3 is 0 Å². The van der Waals surface area contributed by atoms with Gasteiger partial charge in [-0.3, -0.25) is 4.79 Å². The molecule has 2 rings (SSSR count). The molecule has 1 aliphatic rings. The number of hydrogen-bond acceptors (Lipinski definition) is 3. The number of allylic oxidation sites excluding steroid dienone is 3. The van der Waals surface area contributed by atoms with Crippen LogP contribution in [0.15, 0.2) is 52.6 Å². The Morgan fingerprint density at radius 2 is 1.73 bits per heavy atom. The van der Waals surface area contributed by atoms with E-state index in [1.807, 2.05) is 19.0 Å². The van der Waals surface area contributed by atoms with Crippen LogP contribution >= 0.6 is 0 Å². The maximum atomic E-state index is 11.5. The first kappa shape index (κ1) is 16.3. The second-order valence-corrected chi connectivity index (χ2v) is 6.82. The number of carbonyl (C=O) groups excluding carboxylic acids is 1. The summed E-state index contributed by atoms with van der Waals surface area (Å²) in [4.78, 5) is 16.0. The molecule has 1 aliphatic carbocycles. The number of aliphatic hydroxyl groups is 1. The van der Waals surface area contributed by atoms with E-state index in [2.05, 4.69) is 37.9 Å². The van der Waals surface area contributed by atoms with E-state index in [4.69, 9.17) is 0 Å². The molecule has 0 unspecified atom stereocenters. The van der Waals surface area contributed by atoms with Crippen LogP contribution in [-0.4, -0.2) is 31.2 Å². The lowest BCUT2D eigenvalue weighted by Gasteiger charge is -2.16. The standard InChI is InChI=1S/C17H21B2NO2/c1-17(2,3)19-11-5-7-12(8-6-11)20-14-10-16(22)15(21)9-13(14)18-4/h5-10,18-19,22H,1-4H3/b20-14+. The third kappa shape index (κ3) is 4.23. The third-order valence-corrected chi connectivity index (χ3v) is 3.46. The molecular formula is C17H21B2NO2. The maximum absolute atomic E-state index is 11.5. The topological polar surface area (TPSA) is 49.7 Å². The summed E-state index contributed by atoms with van der Waals surface area (Å²) in [6.07, 6.45) is 2.91. The van der Waals surface area contributed by atoms with Gasteiger partial charge in [0.25, 0.3) is 0 Å². The molecule has 0 aliphatic heterocycles. The van der Waals surface area contributed by atoms with Crippen LogP contribution in [0.5, 0.6) is 0 Å². The average Bonchev–Trinajstić information content (AvgIpc) is 2.43. The zero-order valence-corrected chi connectivity index (χ0v) is 13.7. The largest absolute Gasteiger partial charge is 0.504 e. The Kier molecular flexibility index (Phi) is 4.74. The van der Waals surface area contributed by atoms with Crippen LogP contribution < -0.4 is 5.46 Å². The van der Waals surface area contributed by atoms with Crippen molar-refractivity contribution in [3.8, 4) is 0 Å². The van der Waals surface area contributed by atoms with Crippen molar-refractivity contribution in [2.45, 2.75) is 32.9 Å². The molecular weight excluding hydrogens is 272 g/mol. The Bertz CT molecular complexity index is 665. The summed E-state index contributed by atoms with van der Waals surface area (Å²) >= 11 is 0. The molecule has 0 radical (unpaired) electrons. The first-order valence-corrected chi connectivity index (χ1v) is 7.62. The van der Waals surface area contributed by atoms with E-state index in [1.165, 1.54) is 17.6 Å². The maximum Gasteiger partial charge on any atom is 0.219 e. The first-order chi connectivity index (χ1) is 10.3. The van der Waals surface area contributed by atoms with Gasteiger partial charge in [0.1, 0.15) is 0 Å². The molecule has 0 heterocycles. The fraction of sp³-hybridized carbons (Fsp3) is 0.294. The molecule has 0 saturated carbocycles. The molecule has 0 fully saturated rings. The number of hydrogen-bond donors (Lipinski definition) is 1. The molecule has 112 valence electrons. The Labute approximate surface area is 133 Å². The van der Waals surface area contributed by atoms with E-state index < -0.39 is 0 Å². The van der Waals surface area contributed by atoms with Gasteiger partial charge in [-0.05, 0) is 18.2 Å². The summed E-state index contributed by atoms with van der Waals surface area (Å²) in [6, 6.07) is 8.11. The highest BCUT2D eigenvalue weighted by atomic mass is 16.3. The van der Waals surface area contributed by atoms with Gasteiger partial charge in [0.2, 0.25) is 5.78 Å². The Morgan fingerprint density at radius 1 is 1.09 bits per heavy atom. The van der Waals surface area contributed by atoms with Crippen molar-refractivity contribution < 1.29 is 9.90 Å². The molecule has 5 heteroatoms. The molecule has 1 aromatic rings. The van der Waals surface area contributed by atoms with Gasteiger partial charge in [-0.15, -0.1) is 0 Å². The van der Waals surface area contributed by atoms with E-state index >= 15 is 0 Å². The monoisotopic (exact) mass is 293 g/mol. The minimum absolute atomic E-state index is 0.250. The van der Waals surface area contributed by atoms with Crippen molar-refractivity contribution in [2.24, 2.45) is 4.99 Å².